The van der Waals surface area contributed by atoms with Crippen LogP contribution in [-0.2, 0) is 21.5 Å². The predicted molar refractivity (Wildman–Crippen MR) is 228 cm³/mol. The molecule has 61 heavy (non-hydrogen) atoms. The summed E-state index contributed by atoms with van der Waals surface area (Å²) in [5, 5.41) is 23.5. The number of nitro groups is 2. The third-order valence-electron chi connectivity index (χ3n) is 8.40. The molecule has 322 valence electrons. The van der Waals surface area contributed by atoms with E-state index < -0.39 is 83.2 Å². The van der Waals surface area contributed by atoms with Crippen LogP contribution in [0.4, 0.5) is 49.1 Å². The average Bonchev–Trinajstić information content (AvgIpc) is 3.20. The van der Waals surface area contributed by atoms with Gasteiger partial charge in [-0.05, 0) is 12.1 Å². The first-order valence-corrected chi connectivity index (χ1v) is 27.1. The van der Waals surface area contributed by atoms with Gasteiger partial charge in [0.25, 0.3) is 11.4 Å². The summed E-state index contributed by atoms with van der Waals surface area (Å²) in [6.45, 7) is 0. The maximum absolute atomic E-state index is 14.3. The first-order valence-electron chi connectivity index (χ1n) is 16.4. The zero-order valence-electron chi connectivity index (χ0n) is 30.8. The van der Waals surface area contributed by atoms with E-state index >= 15 is 0 Å². The van der Waals surface area contributed by atoms with Crippen molar-refractivity contribution in [1.82, 2.24) is 0 Å². The minimum absolute atomic E-state index is 0. The fourth-order valence-electron chi connectivity index (χ4n) is 5.94. The molecule has 0 atom stereocenters. The topological polar surface area (TPSA) is 235 Å². The van der Waals surface area contributed by atoms with Crippen LogP contribution < -0.4 is 43.3 Å². The second-order valence-electron chi connectivity index (χ2n) is 12.0. The molecule has 23 heteroatoms. The van der Waals surface area contributed by atoms with Crippen molar-refractivity contribution < 1.29 is 56.3 Å². The molecular formula is C38H32Cl2F6N4O8P2Sn. The molecule has 0 spiro atoms. The normalized spacial score (nSPS) is 11.3. The Morgan fingerprint density at radius 3 is 0.951 bits per heavy atom. The van der Waals surface area contributed by atoms with Gasteiger partial charge < -0.3 is 31.5 Å². The molecule has 6 aromatic rings. The fourth-order valence-corrected chi connectivity index (χ4v) is 11.7. The summed E-state index contributed by atoms with van der Waals surface area (Å²) in [5.74, 6) is 0. The van der Waals surface area contributed by atoms with Crippen LogP contribution in [0.25, 0.3) is 0 Å². The zero-order chi connectivity index (χ0) is 43.8. The van der Waals surface area contributed by atoms with Crippen LogP contribution >= 0.6 is 32.1 Å². The van der Waals surface area contributed by atoms with E-state index in [0.717, 1.165) is 12.1 Å². The van der Waals surface area contributed by atoms with Crippen molar-refractivity contribution in [3.05, 3.63) is 177 Å². The van der Waals surface area contributed by atoms with Crippen molar-refractivity contribution in [1.29, 1.82) is 0 Å². The average molecular weight is 1040 g/mol. The van der Waals surface area contributed by atoms with Crippen molar-refractivity contribution in [3.8, 4) is 0 Å². The number of nitro benzene ring substituents is 2. The van der Waals surface area contributed by atoms with Gasteiger partial charge in [-0.15, -0.1) is 0 Å². The minimum atomic E-state index is -5.07. The van der Waals surface area contributed by atoms with Gasteiger partial charge in [-0.1, -0.05) is 121 Å². The van der Waals surface area contributed by atoms with Crippen molar-refractivity contribution in [2.24, 2.45) is 0 Å². The Morgan fingerprint density at radius 2 is 0.721 bits per heavy atom. The zero-order valence-corrected chi connectivity index (χ0v) is 36.9. The summed E-state index contributed by atoms with van der Waals surface area (Å²) in [6, 6.07) is 33.4. The summed E-state index contributed by atoms with van der Waals surface area (Å²) in [4.78, 5) is 21.0. The molecule has 0 aromatic heterocycles. The second kappa shape index (κ2) is 21.7. The molecule has 0 saturated carbocycles. The molecule has 6 rings (SSSR count). The number of rotatable bonds is 8. The van der Waals surface area contributed by atoms with Gasteiger partial charge in [0.15, 0.2) is 19.6 Å². The third kappa shape index (κ3) is 11.7. The Balaban J connectivity index is 0.000000386. The van der Waals surface area contributed by atoms with Gasteiger partial charge in [0, 0.05) is 44.7 Å². The van der Waals surface area contributed by atoms with Gasteiger partial charge >= 0.3 is 49.1 Å². The molecular weight excluding hydrogens is 1010 g/mol. The van der Waals surface area contributed by atoms with E-state index in [2.05, 4.69) is 0 Å². The van der Waals surface area contributed by atoms with Gasteiger partial charge in [0.1, 0.15) is 0 Å². The van der Waals surface area contributed by atoms with E-state index in [0.29, 0.717) is 10.6 Å². The Hall–Kier alpha value is -4.94. The Morgan fingerprint density at radius 1 is 0.492 bits per heavy atom. The Kier molecular flexibility index (Phi) is 18.6. The van der Waals surface area contributed by atoms with Gasteiger partial charge in [0.05, 0.1) is 26.3 Å². The number of alkyl halides is 6. The van der Waals surface area contributed by atoms with Gasteiger partial charge in [0.2, 0.25) is 0 Å². The van der Waals surface area contributed by atoms with Crippen molar-refractivity contribution in [2.75, 3.05) is 11.5 Å². The molecule has 0 aliphatic heterocycles. The van der Waals surface area contributed by atoms with Crippen LogP contribution in [0.3, 0.4) is 0 Å². The summed E-state index contributed by atoms with van der Waals surface area (Å²) in [6.07, 6.45) is -9.66. The molecule has 0 unspecified atom stereocenters. The van der Waals surface area contributed by atoms with E-state index in [1.54, 1.807) is 72.8 Å². The molecule has 6 aromatic carbocycles. The van der Waals surface area contributed by atoms with Crippen LogP contribution in [0.1, 0.15) is 11.1 Å². The van der Waals surface area contributed by atoms with E-state index in [1.165, 1.54) is 48.5 Å². The molecule has 0 aliphatic rings. The number of nitrogen functional groups attached to an aromatic ring is 2. The van der Waals surface area contributed by atoms with Gasteiger partial charge in [-0.3, -0.25) is 20.2 Å². The molecule has 0 heterocycles. The first-order chi connectivity index (χ1) is 27.7. The standard InChI is InChI=1S/C19H12F3N2O5P.C19H16F3N2OP.2ClH.2H2O.Sn/c20-19(21,22)13-11-16(23(25)26)18(17(12-13)24(27)28)30(29,14-7-3-1-4-8-14)15-9-5-2-6-10-15;20-19(21,22)13-11-16(23)18(17(24)12-13)26(25,14-7-3-1-4-8-14)15-9-5-2-6-10-15;;;;;/h1-12H;1-12H,23-24H2;2*1H;2*1H2;/q;;;;;;+2/p-2. The Bertz CT molecular complexity index is 2390. The number of nitrogens with zero attached hydrogens (tertiary/aromatic N) is 2. The number of nitrogens with two attached hydrogens (primary N) is 2. The number of halogens is 8. The number of hydrogen-bond donors (Lipinski definition) is 2. The quantitative estimate of drug-likeness (QED) is 0.0400. The number of anilines is 2. The SMILES string of the molecule is Nc1cc(C(F)(F)F)cc(N)c1P(=O)(c1ccccc1)c1ccccc1.O.O.O=[N+]([O-])c1cc(C(F)(F)F)cc([N+](=O)[O-])c1P(=O)(c1ccccc1)c1ccccc1.[Cl][Sn][Cl]. The van der Waals surface area contributed by atoms with Crippen LogP contribution in [0.5, 0.6) is 0 Å². The molecule has 0 bridgehead atoms. The first kappa shape index (κ1) is 52.2. The summed E-state index contributed by atoms with van der Waals surface area (Å²) in [5.41, 5.74) is 6.37. The van der Waals surface area contributed by atoms with Crippen LogP contribution in [0, 0.1) is 20.2 Å². The molecule has 2 radical (unpaired) electrons. The van der Waals surface area contributed by atoms with Crippen molar-refractivity contribution in [3.63, 3.8) is 0 Å². The fraction of sp³-hybridized carbons (Fsp3) is 0.0526. The van der Waals surface area contributed by atoms with Gasteiger partial charge in [-0.2, -0.15) is 26.3 Å². The predicted octanol–water partition coefficient (Wildman–Crippen LogP) is 7.02. The molecule has 8 N–H and O–H groups in total. The van der Waals surface area contributed by atoms with Crippen LogP contribution in [0.2, 0.25) is 0 Å². The van der Waals surface area contributed by atoms with E-state index in [-0.39, 0.29) is 50.4 Å². The molecule has 0 saturated heterocycles. The van der Waals surface area contributed by atoms with E-state index in [4.69, 9.17) is 29.3 Å². The number of hydrogen-bond acceptors (Lipinski definition) is 8. The van der Waals surface area contributed by atoms with Crippen LogP contribution in [0.15, 0.2) is 146 Å². The maximum atomic E-state index is 14.3. The van der Waals surface area contributed by atoms with Crippen molar-refractivity contribution in [2.45, 2.75) is 12.4 Å². The van der Waals surface area contributed by atoms with E-state index in [9.17, 15) is 55.7 Å². The third-order valence-corrected chi connectivity index (χ3v) is 14.7. The summed E-state index contributed by atoms with van der Waals surface area (Å²) < 4.78 is 107. The van der Waals surface area contributed by atoms with Gasteiger partial charge in [-0.25, -0.2) is 0 Å². The molecule has 0 fully saturated rings. The molecule has 0 amide bonds. The monoisotopic (exact) mass is 1040 g/mol. The summed E-state index contributed by atoms with van der Waals surface area (Å²) >= 11 is -0.826. The Labute approximate surface area is 360 Å². The molecule has 12 nitrogen and oxygen atoms in total. The van der Waals surface area contributed by atoms with Crippen LogP contribution in [-0.4, -0.2) is 39.7 Å². The van der Waals surface area contributed by atoms with E-state index in [1.807, 2.05) is 0 Å². The second-order valence-corrected chi connectivity index (χ2v) is 21.6. The van der Waals surface area contributed by atoms with Crippen molar-refractivity contribution >= 4 is 106 Å². The molecule has 0 aliphatic carbocycles. The number of benzene rings is 6. The summed E-state index contributed by atoms with van der Waals surface area (Å²) in [7, 11) is 2.04.